The molecule has 0 bridgehead atoms. The molecule has 0 aliphatic rings. The average molecular weight is 368 g/mol. The Morgan fingerprint density at radius 1 is 1.23 bits per heavy atom. The zero-order chi connectivity index (χ0) is 9.84. The van der Waals surface area contributed by atoms with E-state index in [1.165, 1.54) is 0 Å². The molecule has 0 radical (unpaired) electrons. The van der Waals surface area contributed by atoms with E-state index in [2.05, 4.69) is 59.0 Å². The maximum absolute atomic E-state index is 5.15. The quantitative estimate of drug-likeness (QED) is 0.778. The molecule has 4 heteroatoms. The van der Waals surface area contributed by atoms with E-state index >= 15 is 0 Å². The van der Waals surface area contributed by atoms with Crippen LogP contribution in [0.5, 0.6) is 0 Å². The Bertz CT molecular complexity index is 331. The van der Waals surface area contributed by atoms with Gasteiger partial charge < -0.3 is 5.32 Å². The highest BCUT2D eigenvalue weighted by Gasteiger charge is 2.04. The van der Waals surface area contributed by atoms with Crippen molar-refractivity contribution in [1.82, 2.24) is 0 Å². The lowest BCUT2D eigenvalue weighted by molar-refractivity contribution is 1.35. The molecule has 1 rings (SSSR count). The molecule has 1 nitrogen and oxygen atoms in total. The first-order chi connectivity index (χ1) is 6.15. The molecule has 68 valence electrons. The molecule has 0 saturated carbocycles. The van der Waals surface area contributed by atoms with Gasteiger partial charge in [-0.1, -0.05) is 21.9 Å². The smallest absolute Gasteiger partial charge is 0.0764 e. The fourth-order valence-electron chi connectivity index (χ4n) is 0.851. The summed E-state index contributed by atoms with van der Waals surface area (Å²) in [7, 11) is 0. The molecular weight excluding hydrogens is 362 g/mol. The Morgan fingerprint density at radius 3 is 2.23 bits per heavy atom. The fourth-order valence-corrected chi connectivity index (χ4v) is 3.39. The highest BCUT2D eigenvalue weighted by atomic mass is 79.9. The monoisotopic (exact) mass is 365 g/mol. The predicted molar refractivity (Wildman–Crippen MR) is 66.9 cm³/mol. The van der Waals surface area contributed by atoms with Crippen LogP contribution < -0.4 is 5.32 Å². The first kappa shape index (κ1) is 11.1. The van der Waals surface area contributed by atoms with E-state index in [0.29, 0.717) is 6.54 Å². The van der Waals surface area contributed by atoms with Crippen molar-refractivity contribution in [3.05, 3.63) is 25.6 Å². The third-order valence-corrected chi connectivity index (χ3v) is 3.08. The number of halogens is 3. The van der Waals surface area contributed by atoms with Crippen LogP contribution in [0.2, 0.25) is 0 Å². The third kappa shape index (κ3) is 3.01. The van der Waals surface area contributed by atoms with Crippen LogP contribution in [-0.2, 0) is 0 Å². The van der Waals surface area contributed by atoms with E-state index in [9.17, 15) is 0 Å². The summed E-state index contributed by atoms with van der Waals surface area (Å²) >= 11 is 10.3. The van der Waals surface area contributed by atoms with Gasteiger partial charge in [0.15, 0.2) is 0 Å². The van der Waals surface area contributed by atoms with Crippen LogP contribution in [0.3, 0.4) is 0 Å². The highest BCUT2D eigenvalue weighted by molar-refractivity contribution is 9.11. The molecule has 0 heterocycles. The Balaban J connectivity index is 3.00. The third-order valence-electron chi connectivity index (χ3n) is 1.37. The minimum Gasteiger partial charge on any atom is -0.372 e. The summed E-state index contributed by atoms with van der Waals surface area (Å²) in [6.45, 7) is 0.513. The molecule has 0 atom stereocenters. The number of terminal acetylenes is 1. The first-order valence-corrected chi connectivity index (χ1v) is 5.85. The molecule has 0 fully saturated rings. The summed E-state index contributed by atoms with van der Waals surface area (Å²) in [6.07, 6.45) is 5.15. The highest BCUT2D eigenvalue weighted by Crippen LogP contribution is 2.33. The summed E-state index contributed by atoms with van der Waals surface area (Å²) in [5.74, 6) is 2.52. The number of rotatable bonds is 2. The van der Waals surface area contributed by atoms with Gasteiger partial charge in [0.1, 0.15) is 0 Å². The summed E-state index contributed by atoms with van der Waals surface area (Å²) in [5.41, 5.74) is 0.973. The Hall–Kier alpha value is 0.0200. The zero-order valence-electron chi connectivity index (χ0n) is 6.57. The van der Waals surface area contributed by atoms with E-state index in [-0.39, 0.29) is 0 Å². The molecular formula is C9H6Br3N. The van der Waals surface area contributed by atoms with Gasteiger partial charge >= 0.3 is 0 Å². The van der Waals surface area contributed by atoms with Gasteiger partial charge in [-0.3, -0.25) is 0 Å². The van der Waals surface area contributed by atoms with Crippen molar-refractivity contribution in [3.63, 3.8) is 0 Å². The standard InChI is InChI=1S/C9H6Br3N/c1-2-3-13-9-7(11)4-6(10)5-8(9)12/h1,4-5,13H,3H2. The molecule has 0 aromatic heterocycles. The molecule has 0 amide bonds. The lowest BCUT2D eigenvalue weighted by Gasteiger charge is -2.08. The predicted octanol–water partition coefficient (Wildman–Crippen LogP) is 4.02. The lowest BCUT2D eigenvalue weighted by Crippen LogP contribution is -1.99. The Kier molecular flexibility index (Phi) is 4.30. The summed E-state index contributed by atoms with van der Waals surface area (Å²) in [6, 6.07) is 3.92. The van der Waals surface area contributed by atoms with Crippen molar-refractivity contribution in [2.45, 2.75) is 0 Å². The van der Waals surface area contributed by atoms with Gasteiger partial charge in [0, 0.05) is 13.4 Å². The molecule has 1 aromatic rings. The van der Waals surface area contributed by atoms with Crippen molar-refractivity contribution in [2.75, 3.05) is 11.9 Å². The van der Waals surface area contributed by atoms with Gasteiger partial charge in [0.05, 0.1) is 12.2 Å². The summed E-state index contributed by atoms with van der Waals surface area (Å²) in [4.78, 5) is 0. The van der Waals surface area contributed by atoms with Crippen LogP contribution in [0.25, 0.3) is 0 Å². The van der Waals surface area contributed by atoms with Crippen LogP contribution in [0, 0.1) is 12.3 Å². The topological polar surface area (TPSA) is 12.0 Å². The van der Waals surface area contributed by atoms with Crippen molar-refractivity contribution >= 4 is 53.5 Å². The number of hydrogen-bond acceptors (Lipinski definition) is 1. The number of hydrogen-bond donors (Lipinski definition) is 1. The second-order valence-corrected chi connectivity index (χ2v) is 4.93. The van der Waals surface area contributed by atoms with Crippen LogP contribution in [-0.4, -0.2) is 6.54 Å². The summed E-state index contributed by atoms with van der Waals surface area (Å²) in [5, 5.41) is 3.11. The SMILES string of the molecule is C#CCNc1c(Br)cc(Br)cc1Br. The molecule has 0 aliphatic carbocycles. The largest absolute Gasteiger partial charge is 0.372 e. The number of benzene rings is 1. The second-order valence-electron chi connectivity index (χ2n) is 2.30. The number of anilines is 1. The van der Waals surface area contributed by atoms with E-state index < -0.39 is 0 Å². The molecule has 0 saturated heterocycles. The van der Waals surface area contributed by atoms with E-state index in [4.69, 9.17) is 6.42 Å². The van der Waals surface area contributed by atoms with Gasteiger partial charge in [-0.15, -0.1) is 6.42 Å². The number of nitrogens with one attached hydrogen (secondary N) is 1. The van der Waals surface area contributed by atoms with Gasteiger partial charge in [0.25, 0.3) is 0 Å². The minimum absolute atomic E-state index is 0.513. The van der Waals surface area contributed by atoms with Gasteiger partial charge in [-0.25, -0.2) is 0 Å². The van der Waals surface area contributed by atoms with Crippen LogP contribution in [0.15, 0.2) is 25.6 Å². The first-order valence-electron chi connectivity index (χ1n) is 3.47. The molecule has 0 unspecified atom stereocenters. The minimum atomic E-state index is 0.513. The normalized spacial score (nSPS) is 9.38. The van der Waals surface area contributed by atoms with E-state index in [0.717, 1.165) is 19.1 Å². The van der Waals surface area contributed by atoms with E-state index in [1.807, 2.05) is 12.1 Å². The molecule has 1 aromatic carbocycles. The molecule has 0 spiro atoms. The molecule has 1 N–H and O–H groups in total. The average Bonchev–Trinajstić information content (AvgIpc) is 2.02. The van der Waals surface area contributed by atoms with Gasteiger partial charge in [0.2, 0.25) is 0 Å². The van der Waals surface area contributed by atoms with Crippen molar-refractivity contribution in [2.24, 2.45) is 0 Å². The Morgan fingerprint density at radius 2 is 1.77 bits per heavy atom. The van der Waals surface area contributed by atoms with Crippen molar-refractivity contribution in [1.29, 1.82) is 0 Å². The van der Waals surface area contributed by atoms with E-state index in [1.54, 1.807) is 0 Å². The molecule has 0 aliphatic heterocycles. The Labute approximate surface area is 103 Å². The van der Waals surface area contributed by atoms with Crippen molar-refractivity contribution in [3.8, 4) is 12.3 Å². The van der Waals surface area contributed by atoms with Crippen molar-refractivity contribution < 1.29 is 0 Å². The van der Waals surface area contributed by atoms with Crippen LogP contribution in [0.4, 0.5) is 5.69 Å². The van der Waals surface area contributed by atoms with Gasteiger partial charge in [-0.05, 0) is 44.0 Å². The second kappa shape index (κ2) is 5.04. The maximum Gasteiger partial charge on any atom is 0.0764 e. The maximum atomic E-state index is 5.15. The molecule has 13 heavy (non-hydrogen) atoms. The zero-order valence-corrected chi connectivity index (χ0v) is 11.3. The lowest BCUT2D eigenvalue weighted by atomic mass is 10.3. The fraction of sp³-hybridized carbons (Fsp3) is 0.111. The summed E-state index contributed by atoms with van der Waals surface area (Å²) < 4.78 is 2.96. The van der Waals surface area contributed by atoms with Gasteiger partial charge in [-0.2, -0.15) is 0 Å². The van der Waals surface area contributed by atoms with Crippen LogP contribution >= 0.6 is 47.8 Å². The van der Waals surface area contributed by atoms with Crippen LogP contribution in [0.1, 0.15) is 0 Å².